The minimum absolute atomic E-state index is 0.0799. The summed E-state index contributed by atoms with van der Waals surface area (Å²) in [5, 5.41) is 13.4. The third kappa shape index (κ3) is 12.1. The monoisotopic (exact) mass is 772 g/mol. The van der Waals surface area contributed by atoms with Crippen LogP contribution in [0.15, 0.2) is 73.4 Å². The molecule has 290 valence electrons. The van der Waals surface area contributed by atoms with Gasteiger partial charge in [-0.1, -0.05) is 88.8 Å². The maximum absolute atomic E-state index is 14.2. The molecule has 12 heteroatoms. The SMILES string of the molecule is C=CCC(CC[C@H](CC1CCCCC1)NC(=O)[C@@H](NC(=O)c1ccc2ccccc2n1)C1SCCS1)C(=O)NC(C(=O)NCc1ccccn1)[C@H](C)CC. The van der Waals surface area contributed by atoms with Gasteiger partial charge in [-0.2, -0.15) is 0 Å². The number of nitrogens with one attached hydrogen (secondary N) is 4. The standard InChI is InChI=1S/C42H56N6O4S2/c1-4-13-31(38(49)47-36(28(3)5-2)40(51)44-27-33-17-11-12-23-43-33)19-21-32(26-29-14-7-6-8-15-29)45-41(52)37(42-53-24-25-54-42)48-39(50)35-22-20-30-16-9-10-18-34(30)46-35/h4,9-12,16-18,20,22-23,28-29,31-32,36-37,42H,1,5-8,13-15,19,21,24-27H2,2-3H3,(H,44,51)(H,45,52)(H,47,49)(H,48,50)/t28-,31?,32-,36?,37-/m1/s1. The van der Waals surface area contributed by atoms with E-state index in [-0.39, 0.29) is 52.4 Å². The van der Waals surface area contributed by atoms with Gasteiger partial charge in [0.05, 0.1) is 22.3 Å². The lowest BCUT2D eigenvalue weighted by molar-refractivity contribution is -0.132. The molecule has 10 nitrogen and oxygen atoms in total. The highest BCUT2D eigenvalue weighted by Gasteiger charge is 2.36. The van der Waals surface area contributed by atoms with Crippen LogP contribution in [0.3, 0.4) is 0 Å². The number of amides is 4. The molecule has 2 fully saturated rings. The smallest absolute Gasteiger partial charge is 0.270 e. The van der Waals surface area contributed by atoms with Crippen molar-refractivity contribution in [2.75, 3.05) is 11.5 Å². The van der Waals surface area contributed by atoms with Crippen molar-refractivity contribution in [3.63, 3.8) is 0 Å². The molecule has 0 bridgehead atoms. The fraction of sp³-hybridized carbons (Fsp3) is 0.524. The van der Waals surface area contributed by atoms with E-state index in [1.54, 1.807) is 41.9 Å². The van der Waals surface area contributed by atoms with Gasteiger partial charge in [0.15, 0.2) is 0 Å². The third-order valence-corrected chi connectivity index (χ3v) is 13.8. The molecule has 2 aliphatic rings. The van der Waals surface area contributed by atoms with Gasteiger partial charge in [-0.3, -0.25) is 24.2 Å². The lowest BCUT2D eigenvalue weighted by atomic mass is 9.83. The van der Waals surface area contributed by atoms with Crippen LogP contribution in [0.25, 0.3) is 10.9 Å². The van der Waals surface area contributed by atoms with E-state index in [1.807, 2.05) is 62.4 Å². The van der Waals surface area contributed by atoms with E-state index in [1.165, 1.54) is 19.3 Å². The second-order valence-corrected chi connectivity index (χ2v) is 17.4. The van der Waals surface area contributed by atoms with Crippen LogP contribution in [0.1, 0.15) is 94.2 Å². The van der Waals surface area contributed by atoms with E-state index in [9.17, 15) is 19.2 Å². The van der Waals surface area contributed by atoms with Crippen LogP contribution in [-0.4, -0.2) is 67.8 Å². The highest BCUT2D eigenvalue weighted by Crippen LogP contribution is 2.35. The molecule has 1 aliphatic carbocycles. The van der Waals surface area contributed by atoms with Gasteiger partial charge in [0, 0.05) is 35.0 Å². The Morgan fingerprint density at radius 1 is 0.889 bits per heavy atom. The van der Waals surface area contributed by atoms with Crippen molar-refractivity contribution in [1.82, 2.24) is 31.2 Å². The molecular formula is C42H56N6O4S2. The second kappa shape index (κ2) is 21.3. The average Bonchev–Trinajstić information content (AvgIpc) is 3.74. The fourth-order valence-corrected chi connectivity index (χ4v) is 10.3. The summed E-state index contributed by atoms with van der Waals surface area (Å²) in [7, 11) is 0. The van der Waals surface area contributed by atoms with Crippen LogP contribution in [-0.2, 0) is 20.9 Å². The molecule has 1 saturated carbocycles. The molecular weight excluding hydrogens is 717 g/mol. The number of carbonyl (C=O) groups is 4. The van der Waals surface area contributed by atoms with Crippen LogP contribution >= 0.6 is 23.5 Å². The van der Waals surface area contributed by atoms with Gasteiger partial charge in [-0.05, 0) is 61.8 Å². The number of carbonyl (C=O) groups excluding carboxylic acids is 4. The highest BCUT2D eigenvalue weighted by atomic mass is 32.2. The summed E-state index contributed by atoms with van der Waals surface area (Å²) in [5.74, 6) is 0.794. The number of pyridine rings is 2. The lowest BCUT2D eigenvalue weighted by Gasteiger charge is -2.31. The van der Waals surface area contributed by atoms with E-state index < -0.39 is 18.0 Å². The van der Waals surface area contributed by atoms with Gasteiger partial charge in [0.2, 0.25) is 17.7 Å². The van der Waals surface area contributed by atoms with Crippen molar-refractivity contribution in [2.24, 2.45) is 17.8 Å². The number of thioether (sulfide) groups is 2. The Hall–Kier alpha value is -3.90. The van der Waals surface area contributed by atoms with Crippen molar-refractivity contribution in [1.29, 1.82) is 0 Å². The van der Waals surface area contributed by atoms with Crippen LogP contribution in [0.4, 0.5) is 0 Å². The zero-order valence-corrected chi connectivity index (χ0v) is 33.3. The third-order valence-electron chi connectivity index (χ3n) is 10.7. The van der Waals surface area contributed by atoms with Crippen molar-refractivity contribution < 1.29 is 19.2 Å². The number of hydrogen-bond donors (Lipinski definition) is 4. The molecule has 2 unspecified atom stereocenters. The first kappa shape index (κ1) is 41.3. The Kier molecular flexibility index (Phi) is 16.2. The molecule has 3 aromatic rings. The summed E-state index contributed by atoms with van der Waals surface area (Å²) in [6.07, 6.45) is 12.4. The first-order chi connectivity index (χ1) is 26.2. The largest absolute Gasteiger partial charge is 0.352 e. The van der Waals surface area contributed by atoms with Crippen molar-refractivity contribution in [2.45, 2.75) is 107 Å². The zero-order valence-electron chi connectivity index (χ0n) is 31.6. The Morgan fingerprint density at radius 2 is 1.65 bits per heavy atom. The number of hydrogen-bond acceptors (Lipinski definition) is 8. The molecule has 0 spiro atoms. The molecule has 0 radical (unpaired) electrons. The molecule has 54 heavy (non-hydrogen) atoms. The number of para-hydroxylation sites is 1. The molecule has 2 aromatic heterocycles. The van der Waals surface area contributed by atoms with Crippen LogP contribution in [0, 0.1) is 17.8 Å². The molecule has 1 aromatic carbocycles. The highest BCUT2D eigenvalue weighted by molar-refractivity contribution is 8.20. The summed E-state index contributed by atoms with van der Waals surface area (Å²) >= 11 is 3.38. The van der Waals surface area contributed by atoms with Crippen molar-refractivity contribution in [3.8, 4) is 0 Å². The van der Waals surface area contributed by atoms with E-state index in [0.717, 1.165) is 53.8 Å². The van der Waals surface area contributed by atoms with Gasteiger partial charge in [-0.25, -0.2) is 4.98 Å². The molecule has 5 atom stereocenters. The van der Waals surface area contributed by atoms with Crippen molar-refractivity contribution >= 4 is 58.1 Å². The molecule has 3 heterocycles. The van der Waals surface area contributed by atoms with E-state index in [4.69, 9.17) is 0 Å². The first-order valence-corrected chi connectivity index (χ1v) is 21.6. The number of allylic oxidation sites excluding steroid dienone is 1. The summed E-state index contributed by atoms with van der Waals surface area (Å²) in [5.41, 5.74) is 1.74. The molecule has 5 rings (SSSR count). The zero-order chi connectivity index (χ0) is 38.3. The van der Waals surface area contributed by atoms with Gasteiger partial charge in [0.1, 0.15) is 17.8 Å². The topological polar surface area (TPSA) is 142 Å². The lowest BCUT2D eigenvalue weighted by Crippen LogP contribution is -2.54. The van der Waals surface area contributed by atoms with Gasteiger partial charge in [-0.15, -0.1) is 30.1 Å². The molecule has 4 N–H and O–H groups in total. The molecule has 1 aliphatic heterocycles. The Bertz CT molecular complexity index is 1700. The van der Waals surface area contributed by atoms with E-state index in [2.05, 4.69) is 37.8 Å². The second-order valence-electron chi connectivity index (χ2n) is 14.6. The van der Waals surface area contributed by atoms with E-state index in [0.29, 0.717) is 25.2 Å². The number of fused-ring (bicyclic) bond motifs is 1. The average molecular weight is 773 g/mol. The Labute approximate surface area is 328 Å². The number of aromatic nitrogens is 2. The Morgan fingerprint density at radius 3 is 2.37 bits per heavy atom. The first-order valence-electron chi connectivity index (χ1n) is 19.5. The van der Waals surface area contributed by atoms with Crippen LogP contribution in [0.2, 0.25) is 0 Å². The van der Waals surface area contributed by atoms with E-state index >= 15 is 0 Å². The molecule has 4 amide bonds. The minimum Gasteiger partial charge on any atom is -0.352 e. The predicted molar refractivity (Wildman–Crippen MR) is 220 cm³/mol. The summed E-state index contributed by atoms with van der Waals surface area (Å²) < 4.78 is -0.120. The number of nitrogens with zero attached hydrogens (tertiary/aromatic N) is 2. The number of rotatable bonds is 19. The fourth-order valence-electron chi connectivity index (χ4n) is 7.32. The quantitative estimate of drug-likeness (QED) is 0.0975. The van der Waals surface area contributed by atoms with Crippen molar-refractivity contribution in [3.05, 3.63) is 84.8 Å². The summed E-state index contributed by atoms with van der Waals surface area (Å²) in [6.45, 7) is 8.18. The van der Waals surface area contributed by atoms with Gasteiger partial charge in [0.25, 0.3) is 5.91 Å². The predicted octanol–water partition coefficient (Wildman–Crippen LogP) is 6.81. The maximum atomic E-state index is 14.2. The summed E-state index contributed by atoms with van der Waals surface area (Å²) in [4.78, 5) is 64.0. The van der Waals surface area contributed by atoms with Crippen LogP contribution in [0.5, 0.6) is 0 Å². The maximum Gasteiger partial charge on any atom is 0.270 e. The van der Waals surface area contributed by atoms with Gasteiger partial charge < -0.3 is 21.3 Å². The molecule has 1 saturated heterocycles. The normalized spacial score (nSPS) is 17.8. The number of benzene rings is 1. The summed E-state index contributed by atoms with van der Waals surface area (Å²) in [6, 6.07) is 15.2. The van der Waals surface area contributed by atoms with Gasteiger partial charge >= 0.3 is 0 Å². The minimum atomic E-state index is -0.745. The van der Waals surface area contributed by atoms with Crippen LogP contribution < -0.4 is 21.3 Å². The Balaban J connectivity index is 1.27.